The number of aliphatic hydroxyl groups is 1. The van der Waals surface area contributed by atoms with E-state index >= 15 is 0 Å². The van der Waals surface area contributed by atoms with Crippen LogP contribution in [0.3, 0.4) is 0 Å². The van der Waals surface area contributed by atoms with E-state index < -0.39 is 6.10 Å². The standard InChI is InChI=1S/C16H28O5/c1-5-19-15(18)9-7-6-8-12(3)20-16-11(2)10-14(17)13(4)21-16/h7,9,11-14,16-17H,5-6,8,10H2,1-4H3/b9-7-/t11-,12-,13+,14-,16-/m1/s1. The Labute approximate surface area is 127 Å². The number of esters is 1. The molecule has 122 valence electrons. The first-order valence-corrected chi connectivity index (χ1v) is 7.76. The van der Waals surface area contributed by atoms with Gasteiger partial charge in [-0.25, -0.2) is 4.79 Å². The van der Waals surface area contributed by atoms with E-state index in [1.807, 2.05) is 20.8 Å². The average molecular weight is 300 g/mol. The minimum atomic E-state index is -0.414. The molecule has 1 heterocycles. The van der Waals surface area contributed by atoms with Gasteiger partial charge in [0, 0.05) is 12.0 Å². The Morgan fingerprint density at radius 2 is 2.19 bits per heavy atom. The third-order valence-electron chi connectivity index (χ3n) is 3.62. The van der Waals surface area contributed by atoms with Crippen molar-refractivity contribution in [2.45, 2.75) is 71.6 Å². The molecule has 0 aromatic rings. The lowest BCUT2D eigenvalue weighted by molar-refractivity contribution is -0.255. The highest BCUT2D eigenvalue weighted by molar-refractivity contribution is 5.81. The van der Waals surface area contributed by atoms with Gasteiger partial charge in [-0.15, -0.1) is 0 Å². The van der Waals surface area contributed by atoms with Gasteiger partial charge < -0.3 is 19.3 Å². The van der Waals surface area contributed by atoms with Gasteiger partial charge in [0.2, 0.25) is 0 Å². The summed E-state index contributed by atoms with van der Waals surface area (Å²) >= 11 is 0. The Balaban J connectivity index is 2.27. The Hall–Kier alpha value is -0.910. The molecule has 21 heavy (non-hydrogen) atoms. The van der Waals surface area contributed by atoms with Crippen molar-refractivity contribution in [3.63, 3.8) is 0 Å². The van der Waals surface area contributed by atoms with Crippen LogP contribution in [0.2, 0.25) is 0 Å². The van der Waals surface area contributed by atoms with Gasteiger partial charge in [-0.3, -0.25) is 0 Å². The Morgan fingerprint density at radius 1 is 1.48 bits per heavy atom. The highest BCUT2D eigenvalue weighted by Gasteiger charge is 2.33. The maximum atomic E-state index is 11.1. The van der Waals surface area contributed by atoms with Gasteiger partial charge in [-0.05, 0) is 40.0 Å². The molecule has 0 unspecified atom stereocenters. The predicted octanol–water partition coefficient (Wildman–Crippen LogP) is 2.42. The maximum absolute atomic E-state index is 11.1. The van der Waals surface area contributed by atoms with Gasteiger partial charge in [0.1, 0.15) is 0 Å². The van der Waals surface area contributed by atoms with E-state index in [1.165, 1.54) is 6.08 Å². The van der Waals surface area contributed by atoms with Crippen LogP contribution in [0.15, 0.2) is 12.2 Å². The van der Waals surface area contributed by atoms with E-state index in [-0.39, 0.29) is 30.4 Å². The number of hydrogen-bond acceptors (Lipinski definition) is 5. The van der Waals surface area contributed by atoms with E-state index in [4.69, 9.17) is 14.2 Å². The van der Waals surface area contributed by atoms with Crippen LogP contribution in [0.5, 0.6) is 0 Å². The minimum absolute atomic E-state index is 0.0340. The van der Waals surface area contributed by atoms with Crippen molar-refractivity contribution in [3.05, 3.63) is 12.2 Å². The van der Waals surface area contributed by atoms with E-state index in [9.17, 15) is 9.90 Å². The van der Waals surface area contributed by atoms with Crippen LogP contribution in [0, 0.1) is 5.92 Å². The SMILES string of the molecule is CCOC(=O)/C=C\CC[C@@H](C)O[C@@H]1O[C@@H](C)[C@H](O)C[C@H]1C. The monoisotopic (exact) mass is 300 g/mol. The summed E-state index contributed by atoms with van der Waals surface area (Å²) in [6, 6.07) is 0. The fraction of sp³-hybridized carbons (Fsp3) is 0.812. The summed E-state index contributed by atoms with van der Waals surface area (Å²) in [5.41, 5.74) is 0. The zero-order chi connectivity index (χ0) is 15.8. The summed E-state index contributed by atoms with van der Waals surface area (Å²) in [7, 11) is 0. The quantitative estimate of drug-likeness (QED) is 0.578. The van der Waals surface area contributed by atoms with Gasteiger partial charge in [0.05, 0.1) is 24.9 Å². The molecule has 1 aliphatic rings. The van der Waals surface area contributed by atoms with Crippen LogP contribution < -0.4 is 0 Å². The largest absolute Gasteiger partial charge is 0.463 e. The van der Waals surface area contributed by atoms with E-state index in [0.29, 0.717) is 13.0 Å². The van der Waals surface area contributed by atoms with Crippen LogP contribution in [-0.2, 0) is 19.0 Å². The summed E-state index contributed by atoms with van der Waals surface area (Å²) in [5.74, 6) is -0.133. The van der Waals surface area contributed by atoms with Gasteiger partial charge in [-0.1, -0.05) is 13.0 Å². The Kier molecular flexibility index (Phi) is 7.93. The van der Waals surface area contributed by atoms with Crippen molar-refractivity contribution in [3.8, 4) is 0 Å². The molecule has 0 aromatic carbocycles. The van der Waals surface area contributed by atoms with Crippen LogP contribution in [-0.4, -0.2) is 42.3 Å². The van der Waals surface area contributed by atoms with Crippen molar-refractivity contribution in [1.29, 1.82) is 0 Å². The third-order valence-corrected chi connectivity index (χ3v) is 3.62. The molecule has 1 N–H and O–H groups in total. The lowest BCUT2D eigenvalue weighted by atomic mass is 9.96. The van der Waals surface area contributed by atoms with Crippen molar-refractivity contribution in [1.82, 2.24) is 0 Å². The molecule has 5 heteroatoms. The van der Waals surface area contributed by atoms with E-state index in [0.717, 1.165) is 12.8 Å². The number of aliphatic hydroxyl groups excluding tert-OH is 1. The molecule has 5 atom stereocenters. The summed E-state index contributed by atoms with van der Waals surface area (Å²) in [5, 5.41) is 9.74. The molecule has 5 nitrogen and oxygen atoms in total. The van der Waals surface area contributed by atoms with Crippen molar-refractivity contribution >= 4 is 5.97 Å². The molecule has 1 rings (SSSR count). The summed E-state index contributed by atoms with van der Waals surface area (Å²) in [6.07, 6.45) is 4.66. The normalized spacial score (nSPS) is 31.3. The number of carbonyl (C=O) groups excluding carboxylic acids is 1. The summed E-state index contributed by atoms with van der Waals surface area (Å²) in [4.78, 5) is 11.1. The van der Waals surface area contributed by atoms with Gasteiger partial charge in [-0.2, -0.15) is 0 Å². The minimum Gasteiger partial charge on any atom is -0.463 e. The van der Waals surface area contributed by atoms with Gasteiger partial charge in [0.15, 0.2) is 6.29 Å². The zero-order valence-corrected chi connectivity index (χ0v) is 13.5. The summed E-state index contributed by atoms with van der Waals surface area (Å²) in [6.45, 7) is 8.05. The number of carbonyl (C=O) groups is 1. The van der Waals surface area contributed by atoms with Crippen LogP contribution >= 0.6 is 0 Å². The topological polar surface area (TPSA) is 65.0 Å². The Morgan fingerprint density at radius 3 is 2.86 bits per heavy atom. The predicted molar refractivity (Wildman–Crippen MR) is 79.7 cm³/mol. The molecular formula is C16H28O5. The van der Waals surface area contributed by atoms with Gasteiger partial charge >= 0.3 is 5.97 Å². The molecule has 0 aliphatic carbocycles. The first-order chi connectivity index (χ1) is 9.93. The molecule has 0 amide bonds. The zero-order valence-electron chi connectivity index (χ0n) is 13.5. The number of hydrogen-bond donors (Lipinski definition) is 1. The molecule has 0 spiro atoms. The lowest BCUT2D eigenvalue weighted by Crippen LogP contribution is -2.44. The van der Waals surface area contributed by atoms with Crippen molar-refractivity contribution in [2.24, 2.45) is 5.92 Å². The second kappa shape index (κ2) is 9.18. The third kappa shape index (κ3) is 6.59. The number of allylic oxidation sites excluding steroid dienone is 1. The highest BCUT2D eigenvalue weighted by Crippen LogP contribution is 2.27. The van der Waals surface area contributed by atoms with E-state index in [1.54, 1.807) is 13.0 Å². The highest BCUT2D eigenvalue weighted by atomic mass is 16.7. The first kappa shape index (κ1) is 18.1. The van der Waals surface area contributed by atoms with E-state index in [2.05, 4.69) is 0 Å². The second-order valence-electron chi connectivity index (χ2n) is 5.67. The van der Waals surface area contributed by atoms with Crippen LogP contribution in [0.1, 0.15) is 47.0 Å². The molecular weight excluding hydrogens is 272 g/mol. The van der Waals surface area contributed by atoms with Gasteiger partial charge in [0.25, 0.3) is 0 Å². The molecule has 0 radical (unpaired) electrons. The van der Waals surface area contributed by atoms with Crippen molar-refractivity contribution < 1.29 is 24.1 Å². The first-order valence-electron chi connectivity index (χ1n) is 7.76. The second-order valence-corrected chi connectivity index (χ2v) is 5.67. The maximum Gasteiger partial charge on any atom is 0.330 e. The molecule has 1 aliphatic heterocycles. The lowest BCUT2D eigenvalue weighted by Gasteiger charge is -2.37. The van der Waals surface area contributed by atoms with Crippen LogP contribution in [0.25, 0.3) is 0 Å². The fourth-order valence-corrected chi connectivity index (χ4v) is 2.28. The summed E-state index contributed by atoms with van der Waals surface area (Å²) < 4.78 is 16.4. The molecule has 0 aromatic heterocycles. The molecule has 1 saturated heterocycles. The smallest absolute Gasteiger partial charge is 0.330 e. The molecule has 0 bridgehead atoms. The molecule has 1 fully saturated rings. The fourth-order valence-electron chi connectivity index (χ4n) is 2.28. The average Bonchev–Trinajstić information content (AvgIpc) is 2.41. The number of rotatable bonds is 7. The Bertz CT molecular complexity index is 342. The van der Waals surface area contributed by atoms with Crippen LogP contribution in [0.4, 0.5) is 0 Å². The molecule has 0 saturated carbocycles. The van der Waals surface area contributed by atoms with Crippen molar-refractivity contribution in [2.75, 3.05) is 6.61 Å². The number of ether oxygens (including phenoxy) is 3.